The summed E-state index contributed by atoms with van der Waals surface area (Å²) in [6.07, 6.45) is 11.8. The number of rotatable bonds is 4. The minimum absolute atomic E-state index is 0.248. The van der Waals surface area contributed by atoms with Crippen molar-refractivity contribution < 1.29 is 4.39 Å². The van der Waals surface area contributed by atoms with Crippen LogP contribution in [0.2, 0.25) is 0 Å². The van der Waals surface area contributed by atoms with Crippen molar-refractivity contribution in [1.82, 2.24) is 5.32 Å². The largest absolute Gasteiger partial charge is 0.379 e. The Labute approximate surface area is 143 Å². The van der Waals surface area contributed by atoms with Crippen LogP contribution in [-0.2, 0) is 0 Å². The fourth-order valence-electron chi connectivity index (χ4n) is 2.15. The molecule has 24 heavy (non-hydrogen) atoms. The minimum atomic E-state index is -0.248. The summed E-state index contributed by atoms with van der Waals surface area (Å²) in [5.41, 5.74) is 4.23. The molecule has 0 spiro atoms. The van der Waals surface area contributed by atoms with Gasteiger partial charge in [0.05, 0.1) is 0 Å². The van der Waals surface area contributed by atoms with E-state index in [-0.39, 0.29) is 5.82 Å². The highest BCUT2D eigenvalue weighted by molar-refractivity contribution is 5.74. The first-order valence-corrected chi connectivity index (χ1v) is 7.30. The predicted octanol–water partition coefficient (Wildman–Crippen LogP) is 4.72. The number of hydrogen-bond acceptors (Lipinski definition) is 2. The second-order valence-corrected chi connectivity index (χ2v) is 4.88. The normalized spacial score (nSPS) is 11.0. The van der Waals surface area contributed by atoms with E-state index in [2.05, 4.69) is 24.2 Å². The smallest absolute Gasteiger partial charge is 0.123 e. The van der Waals surface area contributed by atoms with Gasteiger partial charge < -0.3 is 5.32 Å². The molecule has 0 radical (unpaired) electrons. The summed E-state index contributed by atoms with van der Waals surface area (Å²) in [6, 6.07) is 16.5. The Balaban J connectivity index is 0.00000139. The van der Waals surface area contributed by atoms with Crippen LogP contribution in [-0.4, -0.2) is 7.05 Å². The Morgan fingerprint density at radius 2 is 1.67 bits per heavy atom. The molecule has 0 saturated carbocycles. The molecule has 0 amide bonds. The highest BCUT2D eigenvalue weighted by Crippen LogP contribution is 2.19. The Morgan fingerprint density at radius 3 is 2.21 bits per heavy atom. The molecule has 1 N–H and O–H groups in total. The summed E-state index contributed by atoms with van der Waals surface area (Å²) in [7, 11) is 1.73. The van der Waals surface area contributed by atoms with Gasteiger partial charge in [0.25, 0.3) is 0 Å². The van der Waals surface area contributed by atoms with Gasteiger partial charge in [-0.15, -0.1) is 12.8 Å². The molecular weight excluding hydrogens is 299 g/mol. The van der Waals surface area contributed by atoms with Crippen molar-refractivity contribution >= 4 is 17.7 Å². The predicted molar refractivity (Wildman–Crippen MR) is 98.9 cm³/mol. The molecule has 0 saturated heterocycles. The topological polar surface area (TPSA) is 35.8 Å². The Kier molecular flexibility index (Phi) is 7.55. The molecule has 3 heteroatoms. The SMILES string of the molecule is C#C.CN/C(C#N)=C(\C)c1cccc(/C=C/c2cccc(F)c2)c1. The molecule has 2 rings (SSSR count). The maximum absolute atomic E-state index is 13.2. The van der Waals surface area contributed by atoms with Crippen LogP contribution in [0.4, 0.5) is 4.39 Å². The lowest BCUT2D eigenvalue weighted by Gasteiger charge is -2.06. The summed E-state index contributed by atoms with van der Waals surface area (Å²) in [6.45, 7) is 1.91. The van der Waals surface area contributed by atoms with Gasteiger partial charge in [0, 0.05) is 7.05 Å². The summed E-state index contributed by atoms with van der Waals surface area (Å²) < 4.78 is 13.2. The number of halogens is 1. The van der Waals surface area contributed by atoms with Crippen LogP contribution < -0.4 is 5.32 Å². The molecule has 0 bridgehead atoms. The van der Waals surface area contributed by atoms with Crippen molar-refractivity contribution in [3.05, 3.63) is 76.7 Å². The van der Waals surface area contributed by atoms with Crippen molar-refractivity contribution in [1.29, 1.82) is 5.26 Å². The van der Waals surface area contributed by atoms with Crippen molar-refractivity contribution in [3.8, 4) is 18.9 Å². The van der Waals surface area contributed by atoms with Crippen molar-refractivity contribution in [2.24, 2.45) is 0 Å². The number of nitrogens with zero attached hydrogens (tertiary/aromatic N) is 1. The minimum Gasteiger partial charge on any atom is -0.379 e. The fourth-order valence-corrected chi connectivity index (χ4v) is 2.15. The molecule has 2 nitrogen and oxygen atoms in total. The van der Waals surface area contributed by atoms with Gasteiger partial charge in [-0.2, -0.15) is 5.26 Å². The molecule has 2 aromatic rings. The van der Waals surface area contributed by atoms with Crippen LogP contribution in [0.15, 0.2) is 54.2 Å². The van der Waals surface area contributed by atoms with Gasteiger partial charge in [-0.05, 0) is 47.4 Å². The highest BCUT2D eigenvalue weighted by atomic mass is 19.1. The number of hydrogen-bond donors (Lipinski definition) is 1. The van der Waals surface area contributed by atoms with E-state index in [1.54, 1.807) is 13.1 Å². The van der Waals surface area contributed by atoms with E-state index in [1.165, 1.54) is 12.1 Å². The Hall–Kier alpha value is -3.30. The third kappa shape index (κ3) is 5.16. The number of nitrogens with one attached hydrogen (secondary N) is 1. The molecule has 0 aromatic heterocycles. The van der Waals surface area contributed by atoms with Crippen LogP contribution >= 0.6 is 0 Å². The quantitative estimate of drug-likeness (QED) is 0.503. The average Bonchev–Trinajstić information content (AvgIpc) is 2.63. The highest BCUT2D eigenvalue weighted by Gasteiger charge is 2.03. The van der Waals surface area contributed by atoms with Gasteiger partial charge in [-0.25, -0.2) is 4.39 Å². The zero-order chi connectivity index (χ0) is 17.9. The first-order valence-electron chi connectivity index (χ1n) is 7.30. The number of terminal acetylenes is 1. The summed E-state index contributed by atoms with van der Waals surface area (Å²) in [5.74, 6) is -0.248. The maximum atomic E-state index is 13.2. The third-order valence-corrected chi connectivity index (χ3v) is 3.37. The van der Waals surface area contributed by atoms with Gasteiger partial charge in [-0.3, -0.25) is 0 Å². The lowest BCUT2D eigenvalue weighted by molar-refractivity contribution is 0.627. The zero-order valence-corrected chi connectivity index (χ0v) is 13.8. The molecule has 0 fully saturated rings. The van der Waals surface area contributed by atoms with E-state index in [9.17, 15) is 4.39 Å². The van der Waals surface area contributed by atoms with Crippen LogP contribution in [0.1, 0.15) is 23.6 Å². The van der Waals surface area contributed by atoms with Gasteiger partial charge in [-0.1, -0.05) is 42.5 Å². The van der Waals surface area contributed by atoms with Crippen molar-refractivity contribution in [2.75, 3.05) is 7.05 Å². The second kappa shape index (κ2) is 9.66. The van der Waals surface area contributed by atoms with E-state index in [0.717, 1.165) is 22.3 Å². The van der Waals surface area contributed by atoms with Crippen molar-refractivity contribution in [3.63, 3.8) is 0 Å². The molecule has 0 aliphatic carbocycles. The Bertz CT molecular complexity index is 808. The van der Waals surface area contributed by atoms with Gasteiger partial charge in [0.2, 0.25) is 0 Å². The maximum Gasteiger partial charge on any atom is 0.123 e. The lowest BCUT2D eigenvalue weighted by Crippen LogP contribution is -2.05. The van der Waals surface area contributed by atoms with Gasteiger partial charge >= 0.3 is 0 Å². The molecule has 0 atom stereocenters. The standard InChI is InChI=1S/C19H17FN2.C2H2/c1-14(19(13-21)22-2)17-7-3-5-15(11-17)9-10-16-6-4-8-18(20)12-16;1-2/h3-12,22H,1-2H3;1-2H/b10-9+,19-14+;. The fraction of sp³-hybridized carbons (Fsp3) is 0.0952. The first-order chi connectivity index (χ1) is 11.6. The van der Waals surface area contributed by atoms with Crippen LogP contribution in [0.5, 0.6) is 0 Å². The summed E-state index contributed by atoms with van der Waals surface area (Å²) in [4.78, 5) is 0. The second-order valence-electron chi connectivity index (χ2n) is 4.88. The lowest BCUT2D eigenvalue weighted by atomic mass is 10.0. The molecule has 0 aliphatic heterocycles. The molecule has 0 heterocycles. The molecule has 2 aromatic carbocycles. The van der Waals surface area contributed by atoms with E-state index >= 15 is 0 Å². The molecule has 0 aliphatic rings. The molecular formula is C21H19FN2. The molecule has 120 valence electrons. The van der Waals surface area contributed by atoms with Crippen LogP contribution in [0.25, 0.3) is 17.7 Å². The number of allylic oxidation sites excluding steroid dienone is 2. The van der Waals surface area contributed by atoms with E-state index in [0.29, 0.717) is 5.70 Å². The van der Waals surface area contributed by atoms with Gasteiger partial charge in [0.15, 0.2) is 0 Å². The average molecular weight is 318 g/mol. The number of benzene rings is 2. The third-order valence-electron chi connectivity index (χ3n) is 3.37. The van der Waals surface area contributed by atoms with Crippen molar-refractivity contribution in [2.45, 2.75) is 6.92 Å². The van der Waals surface area contributed by atoms with E-state index in [1.807, 2.05) is 49.4 Å². The molecule has 0 unspecified atom stereocenters. The summed E-state index contributed by atoms with van der Waals surface area (Å²) in [5, 5.41) is 12.0. The Morgan fingerprint density at radius 1 is 1.08 bits per heavy atom. The monoisotopic (exact) mass is 318 g/mol. The van der Waals surface area contributed by atoms with E-state index in [4.69, 9.17) is 5.26 Å². The summed E-state index contributed by atoms with van der Waals surface area (Å²) >= 11 is 0. The zero-order valence-electron chi connectivity index (χ0n) is 13.8. The van der Waals surface area contributed by atoms with Crippen LogP contribution in [0, 0.1) is 30.0 Å². The number of nitriles is 1. The van der Waals surface area contributed by atoms with E-state index < -0.39 is 0 Å². The van der Waals surface area contributed by atoms with Gasteiger partial charge in [0.1, 0.15) is 17.6 Å². The van der Waals surface area contributed by atoms with Crippen LogP contribution in [0.3, 0.4) is 0 Å². The first kappa shape index (κ1) is 18.7.